The first-order chi connectivity index (χ1) is 14.2. The van der Waals surface area contributed by atoms with Gasteiger partial charge in [-0.15, -0.1) is 10.2 Å². The fourth-order valence-electron chi connectivity index (χ4n) is 3.00. The molecule has 0 radical (unpaired) electrons. The van der Waals surface area contributed by atoms with Gasteiger partial charge in [0.05, 0.1) is 13.7 Å². The van der Waals surface area contributed by atoms with Crippen molar-refractivity contribution < 1.29 is 9.84 Å². The highest BCUT2D eigenvalue weighted by atomic mass is 32.2. The molecule has 0 bridgehead atoms. The molecule has 3 aromatic carbocycles. The van der Waals surface area contributed by atoms with Crippen LogP contribution in [0.15, 0.2) is 84.0 Å². The molecule has 0 aliphatic rings. The van der Waals surface area contributed by atoms with Crippen molar-refractivity contribution >= 4 is 11.8 Å². The molecule has 4 aromatic rings. The lowest BCUT2D eigenvalue weighted by atomic mass is 10.2. The van der Waals surface area contributed by atoms with Crippen molar-refractivity contribution in [3.05, 3.63) is 90.0 Å². The predicted molar refractivity (Wildman–Crippen MR) is 115 cm³/mol. The van der Waals surface area contributed by atoms with Gasteiger partial charge in [-0.3, -0.25) is 4.57 Å². The topological polar surface area (TPSA) is 60.2 Å². The minimum absolute atomic E-state index is 0.233. The number of nitrogens with zero attached hydrogens (tertiary/aromatic N) is 3. The quantitative estimate of drug-likeness (QED) is 0.440. The van der Waals surface area contributed by atoms with Crippen molar-refractivity contribution in [2.75, 3.05) is 7.11 Å². The molecule has 0 fully saturated rings. The normalized spacial score (nSPS) is 10.8. The Kier molecular flexibility index (Phi) is 5.81. The maximum atomic E-state index is 9.61. The summed E-state index contributed by atoms with van der Waals surface area (Å²) in [5.41, 5.74) is 3.29. The second kappa shape index (κ2) is 8.84. The highest BCUT2D eigenvalue weighted by molar-refractivity contribution is 7.98. The second-order valence-electron chi connectivity index (χ2n) is 6.56. The summed E-state index contributed by atoms with van der Waals surface area (Å²) in [6, 6.07) is 25.4. The minimum Gasteiger partial charge on any atom is -0.508 e. The maximum absolute atomic E-state index is 9.61. The number of hydrogen-bond donors (Lipinski definition) is 1. The Balaban J connectivity index is 1.62. The third kappa shape index (κ3) is 4.60. The van der Waals surface area contributed by atoms with E-state index in [1.807, 2.05) is 42.5 Å². The van der Waals surface area contributed by atoms with Crippen molar-refractivity contribution in [3.63, 3.8) is 0 Å². The zero-order chi connectivity index (χ0) is 20.1. The van der Waals surface area contributed by atoms with Crippen LogP contribution in [0.3, 0.4) is 0 Å². The number of phenols is 1. The molecule has 29 heavy (non-hydrogen) atoms. The summed E-state index contributed by atoms with van der Waals surface area (Å²) in [7, 11) is 1.67. The second-order valence-corrected chi connectivity index (χ2v) is 7.50. The van der Waals surface area contributed by atoms with Crippen molar-refractivity contribution in [2.45, 2.75) is 17.5 Å². The van der Waals surface area contributed by atoms with Crippen LogP contribution in [0.4, 0.5) is 0 Å². The Labute approximate surface area is 174 Å². The number of aromatic nitrogens is 3. The number of aromatic hydroxyl groups is 1. The molecule has 4 rings (SSSR count). The Morgan fingerprint density at radius 2 is 1.59 bits per heavy atom. The summed E-state index contributed by atoms with van der Waals surface area (Å²) < 4.78 is 7.35. The molecule has 0 saturated heterocycles. The lowest BCUT2D eigenvalue weighted by Gasteiger charge is -2.11. The molecule has 6 heteroatoms. The van der Waals surface area contributed by atoms with Crippen molar-refractivity contribution in [1.82, 2.24) is 14.8 Å². The largest absolute Gasteiger partial charge is 0.508 e. The van der Waals surface area contributed by atoms with Gasteiger partial charge in [0, 0.05) is 11.3 Å². The molecule has 0 atom stereocenters. The molecule has 146 valence electrons. The first-order valence-corrected chi connectivity index (χ1v) is 10.2. The monoisotopic (exact) mass is 403 g/mol. The average Bonchev–Trinajstić information content (AvgIpc) is 3.16. The fourth-order valence-corrected chi connectivity index (χ4v) is 3.89. The first kappa shape index (κ1) is 19.1. The number of thioether (sulfide) groups is 1. The summed E-state index contributed by atoms with van der Waals surface area (Å²) in [5, 5.41) is 19.4. The Morgan fingerprint density at radius 1 is 0.862 bits per heavy atom. The maximum Gasteiger partial charge on any atom is 0.192 e. The van der Waals surface area contributed by atoms with Crippen LogP contribution in [0.2, 0.25) is 0 Å². The summed E-state index contributed by atoms with van der Waals surface area (Å²) in [4.78, 5) is 0. The van der Waals surface area contributed by atoms with Crippen molar-refractivity contribution in [1.29, 1.82) is 0 Å². The molecule has 0 spiro atoms. The zero-order valence-corrected chi connectivity index (χ0v) is 16.8. The number of ether oxygens (including phenoxy) is 1. The zero-order valence-electron chi connectivity index (χ0n) is 16.0. The highest BCUT2D eigenvalue weighted by Crippen LogP contribution is 2.28. The molecule has 0 unspecified atom stereocenters. The number of methoxy groups -OCH3 is 1. The van der Waals surface area contributed by atoms with Gasteiger partial charge in [0.2, 0.25) is 0 Å². The number of benzene rings is 3. The standard InChI is InChI=1S/C23H21N3O2S/c1-28-21-13-7-18(8-14-21)16-29-23-25-24-22(19-9-11-20(27)12-10-19)26(23)15-17-5-3-2-4-6-17/h2-14,27H,15-16H2,1H3. The van der Waals surface area contributed by atoms with Crippen LogP contribution in [0, 0.1) is 0 Å². The number of hydrogen-bond acceptors (Lipinski definition) is 5. The summed E-state index contributed by atoms with van der Waals surface area (Å²) >= 11 is 1.65. The molecule has 1 heterocycles. The van der Waals surface area contributed by atoms with E-state index < -0.39 is 0 Å². The van der Waals surface area contributed by atoms with Crippen LogP contribution in [0.1, 0.15) is 11.1 Å². The van der Waals surface area contributed by atoms with Gasteiger partial charge in [0.1, 0.15) is 11.5 Å². The molecule has 1 N–H and O–H groups in total. The van der Waals surface area contributed by atoms with Gasteiger partial charge >= 0.3 is 0 Å². The van der Waals surface area contributed by atoms with E-state index >= 15 is 0 Å². The molecule has 5 nitrogen and oxygen atoms in total. The Morgan fingerprint density at radius 3 is 2.28 bits per heavy atom. The van der Waals surface area contributed by atoms with E-state index in [1.54, 1.807) is 31.0 Å². The van der Waals surface area contributed by atoms with Crippen LogP contribution in [0.25, 0.3) is 11.4 Å². The van der Waals surface area contributed by atoms with Crippen LogP contribution >= 0.6 is 11.8 Å². The number of phenolic OH excluding ortho intramolecular Hbond substituents is 1. The van der Waals surface area contributed by atoms with Gasteiger partial charge in [-0.1, -0.05) is 54.2 Å². The SMILES string of the molecule is COc1ccc(CSc2nnc(-c3ccc(O)cc3)n2Cc2ccccc2)cc1. The molecule has 0 aliphatic heterocycles. The van der Waals surface area contributed by atoms with E-state index in [0.717, 1.165) is 28.0 Å². The van der Waals surface area contributed by atoms with Crippen LogP contribution < -0.4 is 4.74 Å². The van der Waals surface area contributed by atoms with Gasteiger partial charge < -0.3 is 9.84 Å². The van der Waals surface area contributed by atoms with Crippen molar-refractivity contribution in [3.8, 4) is 22.9 Å². The summed E-state index contributed by atoms with van der Waals surface area (Å²) in [6.45, 7) is 0.676. The van der Waals surface area contributed by atoms with E-state index in [0.29, 0.717) is 6.54 Å². The molecule has 0 aliphatic carbocycles. The van der Waals surface area contributed by atoms with Gasteiger partial charge in [-0.05, 0) is 47.5 Å². The average molecular weight is 404 g/mol. The smallest absolute Gasteiger partial charge is 0.192 e. The van der Waals surface area contributed by atoms with Crippen LogP contribution in [-0.4, -0.2) is 27.0 Å². The molecule has 0 amide bonds. The van der Waals surface area contributed by atoms with E-state index in [4.69, 9.17) is 4.74 Å². The van der Waals surface area contributed by atoms with E-state index in [9.17, 15) is 5.11 Å². The van der Waals surface area contributed by atoms with Gasteiger partial charge in [-0.2, -0.15) is 0 Å². The predicted octanol–water partition coefficient (Wildman–Crippen LogP) is 5.00. The van der Waals surface area contributed by atoms with E-state index in [1.165, 1.54) is 11.1 Å². The Bertz CT molecular complexity index is 1060. The van der Waals surface area contributed by atoms with Gasteiger partial charge in [0.15, 0.2) is 11.0 Å². The third-order valence-corrected chi connectivity index (χ3v) is 5.59. The third-order valence-electron chi connectivity index (χ3n) is 4.55. The molecule has 0 saturated carbocycles. The Hall–Kier alpha value is -3.25. The molecular formula is C23H21N3O2S. The molecule has 1 aromatic heterocycles. The minimum atomic E-state index is 0.233. The lowest BCUT2D eigenvalue weighted by molar-refractivity contribution is 0.414. The highest BCUT2D eigenvalue weighted by Gasteiger charge is 2.15. The first-order valence-electron chi connectivity index (χ1n) is 9.25. The van der Waals surface area contributed by atoms with Gasteiger partial charge in [-0.25, -0.2) is 0 Å². The van der Waals surface area contributed by atoms with E-state index in [-0.39, 0.29) is 5.75 Å². The summed E-state index contributed by atoms with van der Waals surface area (Å²) in [6.07, 6.45) is 0. The molecular weight excluding hydrogens is 382 g/mol. The van der Waals surface area contributed by atoms with Gasteiger partial charge in [0.25, 0.3) is 0 Å². The summed E-state index contributed by atoms with van der Waals surface area (Å²) in [5.74, 6) is 2.65. The van der Waals surface area contributed by atoms with Crippen LogP contribution in [-0.2, 0) is 12.3 Å². The fraction of sp³-hybridized carbons (Fsp3) is 0.130. The van der Waals surface area contributed by atoms with E-state index in [2.05, 4.69) is 39.0 Å². The number of rotatable bonds is 7. The lowest BCUT2D eigenvalue weighted by Crippen LogP contribution is -2.04. The van der Waals surface area contributed by atoms with Crippen LogP contribution in [0.5, 0.6) is 11.5 Å². The van der Waals surface area contributed by atoms with Crippen molar-refractivity contribution in [2.24, 2.45) is 0 Å².